The monoisotopic (exact) mass is 447 g/mol. The molecule has 3 rings (SSSR count). The van der Waals surface area contributed by atoms with Gasteiger partial charge in [0.2, 0.25) is 0 Å². The van der Waals surface area contributed by atoms with E-state index < -0.39 is 11.8 Å². The first kappa shape index (κ1) is 23.3. The fourth-order valence-corrected chi connectivity index (χ4v) is 2.89. The van der Waals surface area contributed by atoms with Crippen molar-refractivity contribution >= 4 is 23.7 Å². The predicted molar refractivity (Wildman–Crippen MR) is 126 cm³/mol. The Kier molecular flexibility index (Phi) is 8.02. The molecule has 2 N–H and O–H groups in total. The van der Waals surface area contributed by atoms with Gasteiger partial charge in [-0.1, -0.05) is 24.3 Å². The molecule has 8 nitrogen and oxygen atoms in total. The lowest BCUT2D eigenvalue weighted by molar-refractivity contribution is -0.136. The molecule has 33 heavy (non-hydrogen) atoms. The highest BCUT2D eigenvalue weighted by molar-refractivity contribution is 6.39. The van der Waals surface area contributed by atoms with Crippen molar-refractivity contribution in [2.24, 2.45) is 5.10 Å². The molecule has 0 saturated carbocycles. The first-order valence-corrected chi connectivity index (χ1v) is 10.1. The lowest BCUT2D eigenvalue weighted by Crippen LogP contribution is -2.32. The van der Waals surface area contributed by atoms with E-state index in [1.807, 2.05) is 43.3 Å². The number of hydrogen-bond acceptors (Lipinski definition) is 6. The third kappa shape index (κ3) is 6.57. The molecule has 8 heteroatoms. The van der Waals surface area contributed by atoms with Crippen LogP contribution in [0.1, 0.15) is 16.7 Å². The van der Waals surface area contributed by atoms with Crippen molar-refractivity contribution in [2.45, 2.75) is 13.5 Å². The van der Waals surface area contributed by atoms with Crippen molar-refractivity contribution < 1.29 is 23.8 Å². The third-order valence-corrected chi connectivity index (χ3v) is 4.78. The van der Waals surface area contributed by atoms with Crippen LogP contribution in [0.2, 0.25) is 0 Å². The third-order valence-electron chi connectivity index (χ3n) is 4.78. The van der Waals surface area contributed by atoms with Crippen molar-refractivity contribution in [1.82, 2.24) is 5.43 Å². The molecule has 3 aromatic carbocycles. The number of anilines is 1. The Morgan fingerprint density at radius 3 is 2.33 bits per heavy atom. The van der Waals surface area contributed by atoms with E-state index in [2.05, 4.69) is 15.8 Å². The van der Waals surface area contributed by atoms with E-state index in [-0.39, 0.29) is 0 Å². The second-order valence-corrected chi connectivity index (χ2v) is 7.00. The molecule has 0 unspecified atom stereocenters. The molecule has 0 bridgehead atoms. The maximum absolute atomic E-state index is 12.2. The van der Waals surface area contributed by atoms with Crippen LogP contribution in [0, 0.1) is 6.92 Å². The summed E-state index contributed by atoms with van der Waals surface area (Å²) in [7, 11) is 2.96. The van der Waals surface area contributed by atoms with E-state index in [9.17, 15) is 9.59 Å². The maximum atomic E-state index is 12.2. The van der Waals surface area contributed by atoms with Gasteiger partial charge in [0.15, 0.2) is 0 Å². The molecule has 3 aromatic rings. The van der Waals surface area contributed by atoms with Crippen LogP contribution in [0.5, 0.6) is 17.2 Å². The van der Waals surface area contributed by atoms with Crippen LogP contribution in [0.3, 0.4) is 0 Å². The van der Waals surface area contributed by atoms with Crippen molar-refractivity contribution in [2.75, 3.05) is 19.5 Å². The van der Waals surface area contributed by atoms with Crippen molar-refractivity contribution in [3.8, 4) is 17.2 Å². The number of methoxy groups -OCH3 is 2. The van der Waals surface area contributed by atoms with E-state index >= 15 is 0 Å². The normalized spacial score (nSPS) is 10.5. The molecule has 0 aliphatic rings. The molecule has 0 aromatic heterocycles. The summed E-state index contributed by atoms with van der Waals surface area (Å²) in [5, 5.41) is 6.31. The van der Waals surface area contributed by atoms with E-state index in [1.165, 1.54) is 26.0 Å². The van der Waals surface area contributed by atoms with Crippen LogP contribution in [0.25, 0.3) is 0 Å². The molecule has 0 atom stereocenters. The van der Waals surface area contributed by atoms with Crippen LogP contribution < -0.4 is 25.0 Å². The van der Waals surface area contributed by atoms with Gasteiger partial charge in [0.25, 0.3) is 0 Å². The first-order valence-electron chi connectivity index (χ1n) is 10.1. The highest BCUT2D eigenvalue weighted by Gasteiger charge is 2.16. The number of hydrogen-bond donors (Lipinski definition) is 2. The number of nitrogens with zero attached hydrogens (tertiary/aromatic N) is 1. The predicted octanol–water partition coefficient (Wildman–Crippen LogP) is 3.68. The smallest absolute Gasteiger partial charge is 0.329 e. The van der Waals surface area contributed by atoms with Crippen LogP contribution >= 0.6 is 0 Å². The Bertz CT molecular complexity index is 1140. The van der Waals surface area contributed by atoms with Gasteiger partial charge in [-0.3, -0.25) is 9.59 Å². The van der Waals surface area contributed by atoms with Gasteiger partial charge in [-0.25, -0.2) is 5.43 Å². The van der Waals surface area contributed by atoms with Gasteiger partial charge in [-0.05, 0) is 60.0 Å². The van der Waals surface area contributed by atoms with Gasteiger partial charge < -0.3 is 19.5 Å². The average Bonchev–Trinajstić information content (AvgIpc) is 2.84. The summed E-state index contributed by atoms with van der Waals surface area (Å²) < 4.78 is 16.1. The zero-order valence-electron chi connectivity index (χ0n) is 18.6. The Morgan fingerprint density at radius 2 is 1.64 bits per heavy atom. The summed E-state index contributed by atoms with van der Waals surface area (Å²) in [6.45, 7) is 2.52. The number of carbonyl (C=O) groups is 2. The number of nitrogens with one attached hydrogen (secondary N) is 2. The van der Waals surface area contributed by atoms with Gasteiger partial charge in [0.05, 0.1) is 26.1 Å². The molecule has 0 radical (unpaired) electrons. The second kappa shape index (κ2) is 11.3. The van der Waals surface area contributed by atoms with Crippen LogP contribution in [0.4, 0.5) is 5.69 Å². The highest BCUT2D eigenvalue weighted by Crippen LogP contribution is 2.28. The molecule has 2 amide bonds. The Morgan fingerprint density at radius 1 is 0.909 bits per heavy atom. The van der Waals surface area contributed by atoms with Crippen LogP contribution in [-0.4, -0.2) is 32.2 Å². The lowest BCUT2D eigenvalue weighted by atomic mass is 10.1. The molecular formula is C25H25N3O5. The van der Waals surface area contributed by atoms with Gasteiger partial charge in [0.1, 0.15) is 23.9 Å². The average molecular weight is 447 g/mol. The first-order chi connectivity index (χ1) is 16.0. The highest BCUT2D eigenvalue weighted by atomic mass is 16.5. The van der Waals surface area contributed by atoms with Gasteiger partial charge >= 0.3 is 11.8 Å². The zero-order valence-corrected chi connectivity index (χ0v) is 18.6. The fraction of sp³-hybridized carbons (Fsp3) is 0.160. The number of benzene rings is 3. The number of hydrazone groups is 1. The minimum Gasteiger partial charge on any atom is -0.497 e. The molecular weight excluding hydrogens is 422 g/mol. The van der Waals surface area contributed by atoms with Gasteiger partial charge in [0, 0.05) is 6.07 Å². The number of aryl methyl sites for hydroxylation is 1. The minimum atomic E-state index is -0.922. The lowest BCUT2D eigenvalue weighted by Gasteiger charge is -2.11. The van der Waals surface area contributed by atoms with E-state index in [0.717, 1.165) is 11.1 Å². The number of carbonyl (C=O) groups excluding carboxylic acids is 2. The molecule has 0 heterocycles. The molecule has 0 aliphatic heterocycles. The molecule has 0 fully saturated rings. The van der Waals surface area contributed by atoms with E-state index in [0.29, 0.717) is 29.5 Å². The molecule has 170 valence electrons. The zero-order chi connectivity index (χ0) is 23.6. The van der Waals surface area contributed by atoms with Crippen molar-refractivity contribution in [3.05, 3.63) is 83.4 Å². The van der Waals surface area contributed by atoms with Gasteiger partial charge in [-0.15, -0.1) is 0 Å². The maximum Gasteiger partial charge on any atom is 0.329 e. The summed E-state index contributed by atoms with van der Waals surface area (Å²) in [5.41, 5.74) is 5.53. The number of ether oxygens (including phenoxy) is 3. The Balaban J connectivity index is 1.51. The van der Waals surface area contributed by atoms with Crippen LogP contribution in [-0.2, 0) is 16.2 Å². The van der Waals surface area contributed by atoms with E-state index in [1.54, 1.807) is 30.3 Å². The summed E-state index contributed by atoms with van der Waals surface area (Å²) in [6.07, 6.45) is 1.43. The SMILES string of the molecule is COc1ccc(OC)c(NC(=O)C(=O)N/N=C/c2ccc(OCc3ccccc3C)cc2)c1. The summed E-state index contributed by atoms with van der Waals surface area (Å²) in [6, 6.07) is 20.1. The Hall–Kier alpha value is -4.33. The molecule has 0 spiro atoms. The molecule has 0 aliphatic carbocycles. The quantitative estimate of drug-likeness (QED) is 0.312. The van der Waals surface area contributed by atoms with Crippen molar-refractivity contribution in [3.63, 3.8) is 0 Å². The number of rotatable bonds is 8. The Labute approximate surface area is 192 Å². The summed E-state index contributed by atoms with van der Waals surface area (Å²) in [5.74, 6) is -0.194. The van der Waals surface area contributed by atoms with Crippen LogP contribution in [0.15, 0.2) is 71.8 Å². The van der Waals surface area contributed by atoms with E-state index in [4.69, 9.17) is 14.2 Å². The van der Waals surface area contributed by atoms with Crippen molar-refractivity contribution in [1.29, 1.82) is 0 Å². The summed E-state index contributed by atoms with van der Waals surface area (Å²) in [4.78, 5) is 24.2. The second-order valence-electron chi connectivity index (χ2n) is 7.00. The summed E-state index contributed by atoms with van der Waals surface area (Å²) >= 11 is 0. The fourth-order valence-electron chi connectivity index (χ4n) is 2.89. The minimum absolute atomic E-state index is 0.308. The standard InChI is InChI=1S/C25H25N3O5/c1-17-6-4-5-7-19(17)16-33-20-10-8-18(9-11-20)15-26-28-25(30)24(29)27-22-14-21(31-2)12-13-23(22)32-3/h4-15H,16H2,1-3H3,(H,27,29)(H,28,30)/b26-15+. The van der Waals surface area contributed by atoms with Gasteiger partial charge in [-0.2, -0.15) is 5.10 Å². The largest absolute Gasteiger partial charge is 0.497 e. The number of amides is 2. The molecule has 0 saturated heterocycles. The topological polar surface area (TPSA) is 98.2 Å².